The van der Waals surface area contributed by atoms with E-state index in [1.165, 1.54) is 7.11 Å². The predicted molar refractivity (Wildman–Crippen MR) is 144 cm³/mol. The fourth-order valence-corrected chi connectivity index (χ4v) is 5.77. The van der Waals surface area contributed by atoms with Gasteiger partial charge in [0.05, 0.1) is 25.9 Å². The van der Waals surface area contributed by atoms with Gasteiger partial charge in [0.15, 0.2) is 0 Å². The standard InChI is InChI=1S/C27H43ClN4O5/c1-29-17-23(16-19-7-3-4-11-24(19)33)31-26(34)32-13-6-9-21(18-32)25(20-8-5-10-22(28)15-20)37-14-12-30-27(35)36-2/h5,8,10,15,19,21,23-25,29,33H,3-4,6-7,9,11-14,16-18H2,1-2H3,(H,30,35)(H,31,34)/t19-,21-,23-,24+,25+/m1/s1. The molecule has 0 unspecified atom stereocenters. The van der Waals surface area contributed by atoms with Gasteiger partial charge in [-0.25, -0.2) is 9.59 Å². The van der Waals surface area contributed by atoms with Gasteiger partial charge < -0.3 is 35.4 Å². The zero-order valence-corrected chi connectivity index (χ0v) is 22.8. The third-order valence-corrected chi connectivity index (χ3v) is 7.67. The number of aliphatic hydroxyl groups is 1. The fourth-order valence-electron chi connectivity index (χ4n) is 5.57. The summed E-state index contributed by atoms with van der Waals surface area (Å²) in [6, 6.07) is 7.49. The lowest BCUT2D eigenvalue weighted by atomic mass is 9.82. The van der Waals surface area contributed by atoms with Gasteiger partial charge in [-0.15, -0.1) is 0 Å². The Hall–Kier alpha value is -2.07. The smallest absolute Gasteiger partial charge is 0.406 e. The summed E-state index contributed by atoms with van der Waals surface area (Å²) in [5.41, 5.74) is 0.956. The van der Waals surface area contributed by atoms with Crippen LogP contribution in [0, 0.1) is 11.8 Å². The van der Waals surface area contributed by atoms with Gasteiger partial charge >= 0.3 is 12.1 Å². The van der Waals surface area contributed by atoms with E-state index in [4.69, 9.17) is 16.3 Å². The second kappa shape index (κ2) is 15.4. The molecule has 1 saturated carbocycles. The highest BCUT2D eigenvalue weighted by molar-refractivity contribution is 6.30. The minimum atomic E-state index is -0.500. The molecule has 3 amide bonds. The van der Waals surface area contributed by atoms with E-state index in [-0.39, 0.29) is 36.1 Å². The number of carbonyl (C=O) groups is 2. The molecule has 3 rings (SSSR count). The Kier molecular flexibility index (Phi) is 12.2. The average Bonchev–Trinajstić information content (AvgIpc) is 2.90. The van der Waals surface area contributed by atoms with E-state index in [1.54, 1.807) is 0 Å². The van der Waals surface area contributed by atoms with Crippen molar-refractivity contribution in [2.75, 3.05) is 46.9 Å². The molecule has 1 aliphatic carbocycles. The Balaban J connectivity index is 1.63. The van der Waals surface area contributed by atoms with Gasteiger partial charge in [-0.1, -0.05) is 36.6 Å². The van der Waals surface area contributed by atoms with Crippen LogP contribution >= 0.6 is 11.6 Å². The van der Waals surface area contributed by atoms with E-state index in [0.29, 0.717) is 37.8 Å². The molecule has 37 heavy (non-hydrogen) atoms. The number of hydrogen-bond donors (Lipinski definition) is 4. The van der Waals surface area contributed by atoms with Crippen molar-refractivity contribution >= 4 is 23.7 Å². The predicted octanol–water partition coefficient (Wildman–Crippen LogP) is 3.70. The highest BCUT2D eigenvalue weighted by Crippen LogP contribution is 2.34. The van der Waals surface area contributed by atoms with Crippen LogP contribution in [0.2, 0.25) is 5.02 Å². The Morgan fingerprint density at radius 1 is 1.22 bits per heavy atom. The molecule has 1 saturated heterocycles. The molecule has 0 radical (unpaired) electrons. The van der Waals surface area contributed by atoms with Crippen molar-refractivity contribution in [3.63, 3.8) is 0 Å². The van der Waals surface area contributed by atoms with Gasteiger partial charge in [-0.2, -0.15) is 0 Å². The number of alkyl carbamates (subject to hydrolysis) is 1. The van der Waals surface area contributed by atoms with Gasteiger partial charge in [0.2, 0.25) is 0 Å². The minimum Gasteiger partial charge on any atom is -0.453 e. The molecule has 1 aromatic carbocycles. The number of amides is 3. The third kappa shape index (κ3) is 9.32. The first-order valence-electron chi connectivity index (χ1n) is 13.5. The molecular weight excluding hydrogens is 496 g/mol. The fraction of sp³-hybridized carbons (Fsp3) is 0.704. The molecule has 0 aromatic heterocycles. The van der Waals surface area contributed by atoms with Crippen LogP contribution in [-0.4, -0.2) is 81.2 Å². The van der Waals surface area contributed by atoms with E-state index >= 15 is 0 Å². The molecule has 2 fully saturated rings. The second-order valence-corrected chi connectivity index (χ2v) is 10.6. The zero-order chi connectivity index (χ0) is 26.6. The maximum Gasteiger partial charge on any atom is 0.406 e. The SMILES string of the molecule is CNC[C@@H](C[C@H]1CCCC[C@@H]1O)NC(=O)N1CCC[C@@H]([C@@H](OCCNC(=O)OC)c2cccc(Cl)c2)C1. The van der Waals surface area contributed by atoms with Crippen molar-refractivity contribution in [3.05, 3.63) is 34.9 Å². The van der Waals surface area contributed by atoms with Crippen LogP contribution in [0.4, 0.5) is 9.59 Å². The number of nitrogens with one attached hydrogen (secondary N) is 3. The lowest BCUT2D eigenvalue weighted by Crippen LogP contribution is -2.52. The summed E-state index contributed by atoms with van der Waals surface area (Å²) in [4.78, 5) is 26.6. The number of piperidine rings is 1. The van der Waals surface area contributed by atoms with Gasteiger partial charge in [-0.05, 0) is 62.8 Å². The number of benzene rings is 1. The molecule has 4 N–H and O–H groups in total. The van der Waals surface area contributed by atoms with Crippen molar-refractivity contribution in [1.29, 1.82) is 0 Å². The van der Waals surface area contributed by atoms with E-state index in [9.17, 15) is 14.7 Å². The van der Waals surface area contributed by atoms with Crippen LogP contribution in [0.3, 0.4) is 0 Å². The van der Waals surface area contributed by atoms with Crippen molar-refractivity contribution < 1.29 is 24.2 Å². The summed E-state index contributed by atoms with van der Waals surface area (Å²) >= 11 is 6.28. The van der Waals surface area contributed by atoms with Crippen molar-refractivity contribution in [3.8, 4) is 0 Å². The van der Waals surface area contributed by atoms with Crippen LogP contribution in [-0.2, 0) is 9.47 Å². The van der Waals surface area contributed by atoms with Crippen molar-refractivity contribution in [2.24, 2.45) is 11.8 Å². The number of likely N-dealkylation sites (N-methyl/N-ethyl adjacent to an activating group) is 1. The number of likely N-dealkylation sites (tertiary alicyclic amines) is 1. The number of halogens is 1. The number of ether oxygens (including phenoxy) is 2. The lowest BCUT2D eigenvalue weighted by molar-refractivity contribution is -0.00874. The van der Waals surface area contributed by atoms with E-state index in [0.717, 1.165) is 50.5 Å². The summed E-state index contributed by atoms with van der Waals surface area (Å²) < 4.78 is 10.9. The summed E-state index contributed by atoms with van der Waals surface area (Å²) in [6.45, 7) is 2.54. The van der Waals surface area contributed by atoms with Gasteiger partial charge in [0, 0.05) is 43.2 Å². The quantitative estimate of drug-likeness (QED) is 0.320. The molecule has 5 atom stereocenters. The van der Waals surface area contributed by atoms with Crippen molar-refractivity contribution in [2.45, 2.75) is 63.2 Å². The lowest BCUT2D eigenvalue weighted by Gasteiger charge is -2.38. The van der Waals surface area contributed by atoms with Crippen LogP contribution in [0.5, 0.6) is 0 Å². The van der Waals surface area contributed by atoms with E-state index < -0.39 is 6.09 Å². The molecule has 1 aliphatic heterocycles. The topological polar surface area (TPSA) is 112 Å². The number of carbonyl (C=O) groups excluding carboxylic acids is 2. The highest BCUT2D eigenvalue weighted by atomic mass is 35.5. The minimum absolute atomic E-state index is 0.0417. The molecule has 1 aromatic rings. The van der Waals surface area contributed by atoms with Gasteiger partial charge in [0.1, 0.15) is 0 Å². The Labute approximate surface area is 225 Å². The maximum atomic E-state index is 13.3. The first-order valence-corrected chi connectivity index (χ1v) is 13.9. The molecular formula is C27H43ClN4O5. The maximum absolute atomic E-state index is 13.3. The largest absolute Gasteiger partial charge is 0.453 e. The number of methoxy groups -OCH3 is 1. The number of urea groups is 1. The highest BCUT2D eigenvalue weighted by Gasteiger charge is 2.33. The first-order chi connectivity index (χ1) is 17.9. The molecule has 10 heteroatoms. The zero-order valence-electron chi connectivity index (χ0n) is 22.1. The Morgan fingerprint density at radius 2 is 2.03 bits per heavy atom. The first kappa shape index (κ1) is 29.5. The number of hydrogen-bond acceptors (Lipinski definition) is 6. The molecule has 9 nitrogen and oxygen atoms in total. The van der Waals surface area contributed by atoms with Crippen LogP contribution in [0.1, 0.15) is 56.6 Å². The number of rotatable bonds is 11. The molecule has 0 spiro atoms. The van der Waals surface area contributed by atoms with Crippen LogP contribution in [0.25, 0.3) is 0 Å². The molecule has 1 heterocycles. The molecule has 0 bridgehead atoms. The van der Waals surface area contributed by atoms with E-state index in [2.05, 4.69) is 20.7 Å². The summed E-state index contributed by atoms with van der Waals surface area (Å²) in [6.07, 6.45) is 5.57. The second-order valence-electron chi connectivity index (χ2n) is 10.2. The normalized spacial score (nSPS) is 23.7. The Bertz CT molecular complexity index is 860. The van der Waals surface area contributed by atoms with E-state index in [1.807, 2.05) is 36.2 Å². The summed E-state index contributed by atoms with van der Waals surface area (Å²) in [5.74, 6) is 0.305. The summed E-state index contributed by atoms with van der Waals surface area (Å²) in [5, 5.41) is 20.1. The monoisotopic (exact) mass is 538 g/mol. The van der Waals surface area contributed by atoms with Crippen LogP contribution < -0.4 is 16.0 Å². The Morgan fingerprint density at radius 3 is 2.76 bits per heavy atom. The summed E-state index contributed by atoms with van der Waals surface area (Å²) in [7, 11) is 3.21. The average molecular weight is 539 g/mol. The van der Waals surface area contributed by atoms with Crippen LogP contribution in [0.15, 0.2) is 24.3 Å². The number of aliphatic hydroxyl groups excluding tert-OH is 1. The van der Waals surface area contributed by atoms with Gasteiger partial charge in [0.25, 0.3) is 0 Å². The molecule has 208 valence electrons. The van der Waals surface area contributed by atoms with Crippen molar-refractivity contribution in [1.82, 2.24) is 20.9 Å². The third-order valence-electron chi connectivity index (χ3n) is 7.44. The molecule has 2 aliphatic rings. The number of nitrogens with zero attached hydrogens (tertiary/aromatic N) is 1. The van der Waals surface area contributed by atoms with Gasteiger partial charge in [-0.3, -0.25) is 0 Å².